The summed E-state index contributed by atoms with van der Waals surface area (Å²) in [7, 11) is 1.43. The Bertz CT molecular complexity index is 1230. The number of carbonyl (C=O) groups is 3. The van der Waals surface area contributed by atoms with Crippen molar-refractivity contribution >= 4 is 17.8 Å². The number of aliphatic hydroxyl groups is 1. The summed E-state index contributed by atoms with van der Waals surface area (Å²) in [6.45, 7) is 7.70. The van der Waals surface area contributed by atoms with Crippen molar-refractivity contribution in [3.05, 3.63) is 59.7 Å². The third-order valence-corrected chi connectivity index (χ3v) is 6.17. The van der Waals surface area contributed by atoms with Gasteiger partial charge in [-0.15, -0.1) is 0 Å². The van der Waals surface area contributed by atoms with Crippen LogP contribution in [0.3, 0.4) is 0 Å². The molecule has 0 heterocycles. The number of nitrogens with two attached hydrogens (primary N) is 1. The third-order valence-electron chi connectivity index (χ3n) is 6.17. The van der Waals surface area contributed by atoms with Gasteiger partial charge in [-0.25, -0.2) is 4.79 Å². The fourth-order valence-corrected chi connectivity index (χ4v) is 4.03. The molecular formula is C30H40F3N3O7. The first kappa shape index (κ1) is 35.4. The van der Waals surface area contributed by atoms with Gasteiger partial charge in [-0.1, -0.05) is 38.1 Å². The Morgan fingerprint density at radius 2 is 1.58 bits per heavy atom. The Balaban J connectivity index is 2.19. The van der Waals surface area contributed by atoms with Crippen LogP contribution in [0.4, 0.5) is 13.2 Å². The summed E-state index contributed by atoms with van der Waals surface area (Å²) in [5.41, 5.74) is 6.32. The van der Waals surface area contributed by atoms with E-state index in [0.717, 1.165) is 0 Å². The number of amides is 2. The van der Waals surface area contributed by atoms with Crippen molar-refractivity contribution in [2.75, 3.05) is 13.7 Å². The van der Waals surface area contributed by atoms with Crippen molar-refractivity contribution < 1.29 is 46.9 Å². The van der Waals surface area contributed by atoms with E-state index in [9.17, 15) is 32.7 Å². The highest BCUT2D eigenvalue weighted by Crippen LogP contribution is 2.26. The highest BCUT2D eigenvalue weighted by atomic mass is 19.4. The van der Waals surface area contributed by atoms with Crippen LogP contribution in [0.15, 0.2) is 48.5 Å². The normalized spacial score (nSPS) is 14.7. The van der Waals surface area contributed by atoms with Crippen LogP contribution in [0.2, 0.25) is 0 Å². The first-order valence-corrected chi connectivity index (χ1v) is 13.6. The standard InChI is InChI=1S/C30H40F3N3O7/c1-17(2)24(26(38)30(31,32)33)35-28(40)25(19-10-12-20(41-6)13-11-19)36-27(39)22(34)15-18-8-7-9-21(14-18)42-16-23(37)43-29(3,4)5/h7-14,17,22,24-26,38H,15-16,34H2,1-6H3,(H,35,40)(H,36,39)/t22-,24-,25-,26-/m0/s1. The molecule has 2 aromatic carbocycles. The van der Waals surface area contributed by atoms with Crippen LogP contribution in [-0.4, -0.2) is 66.6 Å². The molecule has 0 bridgehead atoms. The predicted octanol–water partition coefficient (Wildman–Crippen LogP) is 3.21. The van der Waals surface area contributed by atoms with Crippen LogP contribution in [0, 0.1) is 5.92 Å². The summed E-state index contributed by atoms with van der Waals surface area (Å²) < 4.78 is 55.7. The van der Waals surface area contributed by atoms with Gasteiger partial charge in [0.05, 0.1) is 19.2 Å². The maximum atomic E-state index is 13.3. The molecule has 10 nitrogen and oxygen atoms in total. The van der Waals surface area contributed by atoms with Crippen molar-refractivity contribution in [3.8, 4) is 11.5 Å². The summed E-state index contributed by atoms with van der Waals surface area (Å²) >= 11 is 0. The lowest BCUT2D eigenvalue weighted by atomic mass is 9.96. The molecule has 0 aliphatic carbocycles. The van der Waals surface area contributed by atoms with Gasteiger partial charge in [0.2, 0.25) is 11.8 Å². The number of benzene rings is 2. The molecule has 0 aromatic heterocycles. The Morgan fingerprint density at radius 1 is 0.953 bits per heavy atom. The zero-order valence-corrected chi connectivity index (χ0v) is 25.0. The number of carbonyl (C=O) groups excluding carboxylic acids is 3. The molecule has 4 atom stereocenters. The number of rotatable bonds is 13. The smallest absolute Gasteiger partial charge is 0.416 e. The topological polar surface area (TPSA) is 149 Å². The van der Waals surface area contributed by atoms with Gasteiger partial charge in [-0.3, -0.25) is 9.59 Å². The predicted molar refractivity (Wildman–Crippen MR) is 152 cm³/mol. The minimum Gasteiger partial charge on any atom is -0.497 e. The number of nitrogens with one attached hydrogen (secondary N) is 2. The number of methoxy groups -OCH3 is 1. The SMILES string of the molecule is COc1ccc([C@H](NC(=O)[C@@H](N)Cc2cccc(OCC(=O)OC(C)(C)C)c2)C(=O)N[C@@H](C(C)C)[C@H](O)C(F)(F)F)cc1. The average Bonchev–Trinajstić information content (AvgIpc) is 2.91. The van der Waals surface area contributed by atoms with Crippen LogP contribution < -0.4 is 25.8 Å². The molecule has 0 unspecified atom stereocenters. The first-order valence-electron chi connectivity index (χ1n) is 13.6. The minimum atomic E-state index is -4.98. The molecule has 2 amide bonds. The Hall–Kier alpha value is -3.84. The summed E-state index contributed by atoms with van der Waals surface area (Å²) in [6.07, 6.45) is -7.79. The summed E-state index contributed by atoms with van der Waals surface area (Å²) in [4.78, 5) is 38.4. The lowest BCUT2D eigenvalue weighted by molar-refractivity contribution is -0.215. The highest BCUT2D eigenvalue weighted by molar-refractivity contribution is 5.91. The lowest BCUT2D eigenvalue weighted by Gasteiger charge is -2.31. The van der Waals surface area contributed by atoms with E-state index in [1.165, 1.54) is 45.2 Å². The molecule has 0 spiro atoms. The van der Waals surface area contributed by atoms with E-state index in [-0.39, 0.29) is 18.6 Å². The number of halogens is 3. The van der Waals surface area contributed by atoms with E-state index in [0.29, 0.717) is 17.1 Å². The number of alkyl halides is 3. The van der Waals surface area contributed by atoms with Crippen LogP contribution >= 0.6 is 0 Å². The van der Waals surface area contributed by atoms with Gasteiger partial charge >= 0.3 is 12.1 Å². The largest absolute Gasteiger partial charge is 0.497 e. The second-order valence-corrected chi connectivity index (χ2v) is 11.3. The van der Waals surface area contributed by atoms with Gasteiger partial charge in [0, 0.05) is 0 Å². The van der Waals surface area contributed by atoms with E-state index >= 15 is 0 Å². The van der Waals surface area contributed by atoms with Crippen molar-refractivity contribution in [1.82, 2.24) is 10.6 Å². The molecule has 238 valence electrons. The maximum Gasteiger partial charge on any atom is 0.416 e. The number of ether oxygens (including phenoxy) is 3. The number of hydrogen-bond acceptors (Lipinski definition) is 8. The molecule has 43 heavy (non-hydrogen) atoms. The van der Waals surface area contributed by atoms with Crippen LogP contribution in [0.1, 0.15) is 51.8 Å². The Morgan fingerprint density at radius 3 is 2.12 bits per heavy atom. The van der Waals surface area contributed by atoms with Crippen molar-refractivity contribution in [1.29, 1.82) is 0 Å². The van der Waals surface area contributed by atoms with E-state index in [4.69, 9.17) is 19.9 Å². The summed E-state index contributed by atoms with van der Waals surface area (Å²) in [6, 6.07) is 8.26. The molecule has 0 fully saturated rings. The zero-order chi connectivity index (χ0) is 32.5. The second kappa shape index (κ2) is 15.1. The van der Waals surface area contributed by atoms with Gasteiger partial charge < -0.3 is 35.7 Å². The lowest BCUT2D eigenvalue weighted by Crippen LogP contribution is -2.56. The average molecular weight is 612 g/mol. The monoisotopic (exact) mass is 611 g/mol. The van der Waals surface area contributed by atoms with Crippen LogP contribution in [0.5, 0.6) is 11.5 Å². The highest BCUT2D eigenvalue weighted by Gasteiger charge is 2.45. The van der Waals surface area contributed by atoms with Crippen LogP contribution in [0.25, 0.3) is 0 Å². The fourth-order valence-electron chi connectivity index (χ4n) is 4.03. The van der Waals surface area contributed by atoms with Crippen molar-refractivity contribution in [3.63, 3.8) is 0 Å². The van der Waals surface area contributed by atoms with Crippen LogP contribution in [-0.2, 0) is 25.5 Å². The molecule has 2 rings (SSSR count). The molecule has 0 aliphatic rings. The first-order chi connectivity index (χ1) is 19.9. The molecule has 2 aromatic rings. The van der Waals surface area contributed by atoms with Gasteiger partial charge in [0.15, 0.2) is 12.7 Å². The summed E-state index contributed by atoms with van der Waals surface area (Å²) in [5, 5.41) is 14.6. The molecular weight excluding hydrogens is 571 g/mol. The molecule has 0 radical (unpaired) electrons. The zero-order valence-electron chi connectivity index (χ0n) is 25.0. The molecule has 5 N–H and O–H groups in total. The van der Waals surface area contributed by atoms with Gasteiger partial charge in [0.1, 0.15) is 23.1 Å². The van der Waals surface area contributed by atoms with E-state index < -0.39 is 59.7 Å². The van der Waals surface area contributed by atoms with Crippen molar-refractivity contribution in [2.45, 2.75) is 77.0 Å². The number of aliphatic hydroxyl groups excluding tert-OH is 1. The Labute approximate surface area is 249 Å². The molecule has 0 saturated heterocycles. The molecule has 0 saturated carbocycles. The quantitative estimate of drug-likeness (QED) is 0.253. The van der Waals surface area contributed by atoms with E-state index in [2.05, 4.69) is 10.6 Å². The molecule has 13 heteroatoms. The third kappa shape index (κ3) is 11.4. The van der Waals surface area contributed by atoms with Gasteiger partial charge in [-0.05, 0) is 68.5 Å². The van der Waals surface area contributed by atoms with Gasteiger partial charge in [0.25, 0.3) is 0 Å². The van der Waals surface area contributed by atoms with Crippen molar-refractivity contribution in [2.24, 2.45) is 11.7 Å². The fraction of sp³-hybridized carbons (Fsp3) is 0.500. The summed E-state index contributed by atoms with van der Waals surface area (Å²) in [5.74, 6) is -2.28. The number of hydrogen-bond donors (Lipinski definition) is 4. The van der Waals surface area contributed by atoms with E-state index in [1.807, 2.05) is 0 Å². The number of esters is 1. The van der Waals surface area contributed by atoms with Gasteiger partial charge in [-0.2, -0.15) is 13.2 Å². The maximum absolute atomic E-state index is 13.3. The Kier molecular flexibility index (Phi) is 12.4. The molecule has 0 aliphatic heterocycles. The van der Waals surface area contributed by atoms with E-state index in [1.54, 1.807) is 45.0 Å². The minimum absolute atomic E-state index is 0.00777. The second-order valence-electron chi connectivity index (χ2n) is 11.3.